The fraction of sp³-hybridized carbons (Fsp3) is 0.231. The molecule has 0 bridgehead atoms. The molecule has 2 aromatic rings. The average molecular weight is 297 g/mol. The molecular formula is C13H13ClN2O2S. The van der Waals surface area contributed by atoms with Crippen molar-refractivity contribution in [1.82, 2.24) is 9.97 Å². The van der Waals surface area contributed by atoms with E-state index >= 15 is 0 Å². The molecule has 100 valence electrons. The minimum atomic E-state index is -3.30. The topological polar surface area (TPSA) is 59.9 Å². The summed E-state index contributed by atoms with van der Waals surface area (Å²) in [6.45, 7) is 1.67. The number of rotatable bonds is 4. The summed E-state index contributed by atoms with van der Waals surface area (Å²) in [4.78, 5) is 7.64. The molecule has 0 saturated heterocycles. The Morgan fingerprint density at radius 3 is 2.32 bits per heavy atom. The van der Waals surface area contributed by atoms with Crippen LogP contribution < -0.4 is 0 Å². The normalized spacial score (nSPS) is 13.2. The van der Waals surface area contributed by atoms with Crippen LogP contribution in [0.1, 0.15) is 23.3 Å². The van der Waals surface area contributed by atoms with Crippen LogP contribution in [0.3, 0.4) is 0 Å². The van der Waals surface area contributed by atoms with Crippen molar-refractivity contribution in [2.75, 3.05) is 0 Å². The fourth-order valence-corrected chi connectivity index (χ4v) is 3.26. The van der Waals surface area contributed by atoms with Gasteiger partial charge in [-0.1, -0.05) is 23.7 Å². The Hall–Kier alpha value is -1.46. The van der Waals surface area contributed by atoms with E-state index < -0.39 is 15.1 Å². The van der Waals surface area contributed by atoms with E-state index in [1.807, 2.05) is 0 Å². The molecule has 0 saturated carbocycles. The van der Waals surface area contributed by atoms with Gasteiger partial charge in [-0.05, 0) is 24.6 Å². The smallest absolute Gasteiger partial charge is 0.161 e. The third kappa shape index (κ3) is 3.52. The number of halogens is 1. The number of nitrogens with zero attached hydrogens (tertiary/aromatic N) is 2. The zero-order valence-electron chi connectivity index (χ0n) is 10.3. The molecule has 1 aromatic carbocycles. The lowest BCUT2D eigenvalue weighted by Gasteiger charge is -2.13. The van der Waals surface area contributed by atoms with E-state index in [1.165, 1.54) is 18.7 Å². The predicted molar refractivity (Wildman–Crippen MR) is 74.5 cm³/mol. The molecule has 0 aliphatic carbocycles. The first-order valence-corrected chi connectivity index (χ1v) is 7.79. The lowest BCUT2D eigenvalue weighted by atomic mass is 10.2. The molecule has 0 amide bonds. The number of hydrogen-bond acceptors (Lipinski definition) is 4. The molecule has 0 aliphatic rings. The van der Waals surface area contributed by atoms with E-state index in [4.69, 9.17) is 11.6 Å². The fourth-order valence-electron chi connectivity index (χ4n) is 1.70. The standard InChI is InChI=1S/C13H13ClN2O2S/c1-10(12-2-4-13(14)5-3-12)19(17,18)8-11-6-15-9-16-7-11/h2-7,9-10H,8H2,1H3. The molecule has 6 heteroatoms. The highest BCUT2D eigenvalue weighted by molar-refractivity contribution is 7.90. The van der Waals surface area contributed by atoms with E-state index in [-0.39, 0.29) is 5.75 Å². The van der Waals surface area contributed by atoms with Gasteiger partial charge in [-0.15, -0.1) is 0 Å². The minimum Gasteiger partial charge on any atom is -0.245 e. The van der Waals surface area contributed by atoms with E-state index in [0.717, 1.165) is 5.56 Å². The van der Waals surface area contributed by atoms with Gasteiger partial charge in [0.15, 0.2) is 9.84 Å². The van der Waals surface area contributed by atoms with Gasteiger partial charge in [-0.25, -0.2) is 18.4 Å². The first-order chi connectivity index (χ1) is 8.99. The maximum absolute atomic E-state index is 12.3. The van der Waals surface area contributed by atoms with Gasteiger partial charge in [0.1, 0.15) is 6.33 Å². The van der Waals surface area contributed by atoms with E-state index in [9.17, 15) is 8.42 Å². The Balaban J connectivity index is 2.22. The first kappa shape index (κ1) is 14.0. The Kier molecular flexibility index (Phi) is 4.17. The van der Waals surface area contributed by atoms with Crippen molar-refractivity contribution in [3.8, 4) is 0 Å². The van der Waals surface area contributed by atoms with Crippen LogP contribution in [-0.4, -0.2) is 18.4 Å². The lowest BCUT2D eigenvalue weighted by molar-refractivity contribution is 0.585. The number of sulfone groups is 1. The second kappa shape index (κ2) is 5.67. The molecule has 4 nitrogen and oxygen atoms in total. The van der Waals surface area contributed by atoms with Gasteiger partial charge in [0.05, 0.1) is 11.0 Å². The Labute approximate surface area is 117 Å². The van der Waals surface area contributed by atoms with Crippen molar-refractivity contribution in [2.24, 2.45) is 0 Å². The van der Waals surface area contributed by atoms with Crippen molar-refractivity contribution in [1.29, 1.82) is 0 Å². The van der Waals surface area contributed by atoms with E-state index in [0.29, 0.717) is 10.6 Å². The zero-order valence-corrected chi connectivity index (χ0v) is 11.9. The van der Waals surface area contributed by atoms with Crippen LogP contribution in [0.4, 0.5) is 0 Å². The van der Waals surface area contributed by atoms with Gasteiger partial charge in [-0.3, -0.25) is 0 Å². The third-order valence-electron chi connectivity index (χ3n) is 2.86. The largest absolute Gasteiger partial charge is 0.245 e. The van der Waals surface area contributed by atoms with E-state index in [2.05, 4.69) is 9.97 Å². The van der Waals surface area contributed by atoms with Gasteiger partial charge in [0.25, 0.3) is 0 Å². The highest BCUT2D eigenvalue weighted by Crippen LogP contribution is 2.25. The summed E-state index contributed by atoms with van der Waals surface area (Å²) in [6, 6.07) is 6.83. The predicted octanol–water partition coefficient (Wildman–Crippen LogP) is 2.81. The Morgan fingerprint density at radius 2 is 1.74 bits per heavy atom. The molecule has 1 unspecified atom stereocenters. The van der Waals surface area contributed by atoms with Crippen LogP contribution in [0.2, 0.25) is 5.02 Å². The number of aromatic nitrogens is 2. The SMILES string of the molecule is CC(c1ccc(Cl)cc1)S(=O)(=O)Cc1cncnc1. The van der Waals surface area contributed by atoms with Gasteiger partial charge in [0, 0.05) is 23.0 Å². The van der Waals surface area contributed by atoms with Crippen LogP contribution in [0.15, 0.2) is 43.0 Å². The Morgan fingerprint density at radius 1 is 1.16 bits per heavy atom. The number of benzene rings is 1. The number of hydrogen-bond donors (Lipinski definition) is 0. The summed E-state index contributed by atoms with van der Waals surface area (Å²) in [5.74, 6) is -0.0718. The first-order valence-electron chi connectivity index (χ1n) is 5.70. The van der Waals surface area contributed by atoms with Gasteiger partial charge >= 0.3 is 0 Å². The maximum atomic E-state index is 12.3. The lowest BCUT2D eigenvalue weighted by Crippen LogP contribution is -2.13. The molecule has 0 N–H and O–H groups in total. The molecule has 1 aromatic heterocycles. The van der Waals surface area contributed by atoms with Crippen molar-refractivity contribution in [3.05, 3.63) is 59.1 Å². The van der Waals surface area contributed by atoms with Crippen LogP contribution in [0.25, 0.3) is 0 Å². The monoisotopic (exact) mass is 296 g/mol. The van der Waals surface area contributed by atoms with Crippen molar-refractivity contribution in [3.63, 3.8) is 0 Å². The quantitative estimate of drug-likeness (QED) is 0.870. The summed E-state index contributed by atoms with van der Waals surface area (Å²) in [6.07, 6.45) is 4.40. The molecule has 0 spiro atoms. The second-order valence-corrected chi connectivity index (χ2v) is 7.01. The van der Waals surface area contributed by atoms with Crippen molar-refractivity contribution >= 4 is 21.4 Å². The van der Waals surface area contributed by atoms with Crippen molar-refractivity contribution in [2.45, 2.75) is 17.9 Å². The molecule has 0 fully saturated rings. The molecule has 2 rings (SSSR count). The van der Waals surface area contributed by atoms with Gasteiger partial charge in [0.2, 0.25) is 0 Å². The summed E-state index contributed by atoms with van der Waals surface area (Å²) in [7, 11) is -3.30. The highest BCUT2D eigenvalue weighted by atomic mass is 35.5. The average Bonchev–Trinajstić information content (AvgIpc) is 2.39. The summed E-state index contributed by atoms with van der Waals surface area (Å²) in [5.41, 5.74) is 1.31. The van der Waals surface area contributed by atoms with Crippen LogP contribution in [0, 0.1) is 0 Å². The van der Waals surface area contributed by atoms with Crippen LogP contribution in [0.5, 0.6) is 0 Å². The summed E-state index contributed by atoms with van der Waals surface area (Å²) in [5, 5.41) is -0.00483. The van der Waals surface area contributed by atoms with Crippen molar-refractivity contribution < 1.29 is 8.42 Å². The van der Waals surface area contributed by atoms with Crippen LogP contribution >= 0.6 is 11.6 Å². The molecule has 1 heterocycles. The maximum Gasteiger partial charge on any atom is 0.161 e. The Bertz CT molecular complexity index is 642. The third-order valence-corrected chi connectivity index (χ3v) is 5.20. The van der Waals surface area contributed by atoms with Gasteiger partial charge in [-0.2, -0.15) is 0 Å². The van der Waals surface area contributed by atoms with Crippen LogP contribution in [-0.2, 0) is 15.6 Å². The summed E-state index contributed by atoms with van der Waals surface area (Å²) >= 11 is 5.79. The van der Waals surface area contributed by atoms with Gasteiger partial charge < -0.3 is 0 Å². The van der Waals surface area contributed by atoms with E-state index in [1.54, 1.807) is 31.2 Å². The second-order valence-electron chi connectivity index (χ2n) is 4.25. The molecule has 0 radical (unpaired) electrons. The minimum absolute atomic E-state index is 0.0718. The zero-order chi connectivity index (χ0) is 13.9. The summed E-state index contributed by atoms with van der Waals surface area (Å²) < 4.78 is 24.6. The molecule has 0 aliphatic heterocycles. The molecule has 1 atom stereocenters. The molecular weight excluding hydrogens is 284 g/mol. The highest BCUT2D eigenvalue weighted by Gasteiger charge is 2.23. The molecule has 19 heavy (non-hydrogen) atoms.